The molecule has 0 aliphatic carbocycles. The molecule has 0 N–H and O–H groups in total. The van der Waals surface area contributed by atoms with Gasteiger partial charge in [-0.1, -0.05) is 13.8 Å². The molecule has 0 saturated heterocycles. The van der Waals surface area contributed by atoms with Crippen molar-refractivity contribution in [2.24, 2.45) is 5.92 Å². The Morgan fingerprint density at radius 3 is 1.75 bits per heavy atom. The first-order chi connectivity index (χ1) is 3.48. The van der Waals surface area contributed by atoms with Crippen LogP contribution in [0.15, 0.2) is 0 Å². The molecule has 0 saturated carbocycles. The quantitative estimate of drug-likeness (QED) is 0.506. The van der Waals surface area contributed by atoms with E-state index in [9.17, 15) is 13.2 Å². The minimum atomic E-state index is -3.99. The summed E-state index contributed by atoms with van der Waals surface area (Å²) in [5.74, 6) is -1.15. The Balaban J connectivity index is 3.62. The van der Waals surface area contributed by atoms with E-state index in [4.69, 9.17) is 0 Å². The van der Waals surface area contributed by atoms with E-state index >= 15 is 0 Å². The van der Waals surface area contributed by atoms with E-state index in [1.807, 2.05) is 0 Å². The molecule has 50 valence electrons. The van der Waals surface area contributed by atoms with Gasteiger partial charge in [-0.05, 0) is 6.42 Å². The van der Waals surface area contributed by atoms with Crippen molar-refractivity contribution >= 4 is 0 Å². The molecule has 0 fully saturated rings. The zero-order valence-corrected chi connectivity index (χ0v) is 4.92. The van der Waals surface area contributed by atoms with Crippen LogP contribution in [0.25, 0.3) is 0 Å². The summed E-state index contributed by atoms with van der Waals surface area (Å²) in [5, 5.41) is 0. The minimum absolute atomic E-state index is 0.170. The standard InChI is InChI=1S/C5H9F3/c1-3-4(2)5(6,7)8/h4H,3H2,1-2H3/t4-/m1/s1. The molecule has 0 spiro atoms. The Hall–Kier alpha value is -0.210. The van der Waals surface area contributed by atoms with Crippen LogP contribution in [0, 0.1) is 5.92 Å². The van der Waals surface area contributed by atoms with Gasteiger partial charge in [-0.25, -0.2) is 0 Å². The average molecular weight is 126 g/mol. The third-order valence-electron chi connectivity index (χ3n) is 1.17. The fourth-order valence-electron chi connectivity index (χ4n) is 0.231. The minimum Gasteiger partial charge on any atom is -0.171 e. The van der Waals surface area contributed by atoms with Crippen molar-refractivity contribution in [3.63, 3.8) is 0 Å². The van der Waals surface area contributed by atoms with Gasteiger partial charge in [0.1, 0.15) is 0 Å². The zero-order chi connectivity index (χ0) is 6.78. The number of hydrogen-bond acceptors (Lipinski definition) is 0. The normalized spacial score (nSPS) is 16.1. The maximum atomic E-state index is 11.4. The summed E-state index contributed by atoms with van der Waals surface area (Å²) in [6.07, 6.45) is -3.82. The van der Waals surface area contributed by atoms with Crippen LogP contribution >= 0.6 is 0 Å². The second-order valence-electron chi connectivity index (χ2n) is 1.85. The first kappa shape index (κ1) is 7.79. The predicted molar refractivity (Wildman–Crippen MR) is 25.5 cm³/mol. The lowest BCUT2D eigenvalue weighted by Crippen LogP contribution is -2.18. The lowest BCUT2D eigenvalue weighted by molar-refractivity contribution is -0.170. The summed E-state index contributed by atoms with van der Waals surface area (Å²) in [5.41, 5.74) is 0. The van der Waals surface area contributed by atoms with Crippen LogP contribution in [0.3, 0.4) is 0 Å². The fourth-order valence-corrected chi connectivity index (χ4v) is 0.231. The van der Waals surface area contributed by atoms with Gasteiger partial charge in [-0.2, -0.15) is 13.2 Å². The highest BCUT2D eigenvalue weighted by Gasteiger charge is 2.33. The average Bonchev–Trinajstić information content (AvgIpc) is 1.62. The van der Waals surface area contributed by atoms with E-state index in [1.54, 1.807) is 0 Å². The van der Waals surface area contributed by atoms with Gasteiger partial charge in [0.25, 0.3) is 0 Å². The van der Waals surface area contributed by atoms with Gasteiger partial charge in [0.05, 0.1) is 5.92 Å². The molecular formula is C5H9F3. The molecular weight excluding hydrogens is 117 g/mol. The van der Waals surface area contributed by atoms with Crippen molar-refractivity contribution in [3.8, 4) is 0 Å². The Labute approximate surface area is 46.7 Å². The zero-order valence-electron chi connectivity index (χ0n) is 4.92. The summed E-state index contributed by atoms with van der Waals surface area (Å²) in [4.78, 5) is 0. The monoisotopic (exact) mass is 126 g/mol. The molecule has 1 atom stereocenters. The molecule has 0 aromatic carbocycles. The number of hydrogen-bond donors (Lipinski definition) is 0. The van der Waals surface area contributed by atoms with Crippen LogP contribution in [0.5, 0.6) is 0 Å². The van der Waals surface area contributed by atoms with Gasteiger partial charge in [0.15, 0.2) is 0 Å². The van der Waals surface area contributed by atoms with Crippen molar-refractivity contribution in [1.82, 2.24) is 0 Å². The summed E-state index contributed by atoms with van der Waals surface area (Å²) in [6, 6.07) is 0. The van der Waals surface area contributed by atoms with E-state index in [0.29, 0.717) is 0 Å². The van der Waals surface area contributed by atoms with Crippen LogP contribution in [0.4, 0.5) is 13.2 Å². The highest BCUT2D eigenvalue weighted by Crippen LogP contribution is 2.27. The molecule has 0 heterocycles. The number of halogens is 3. The van der Waals surface area contributed by atoms with Gasteiger partial charge in [-0.3, -0.25) is 0 Å². The van der Waals surface area contributed by atoms with Crippen LogP contribution in [0.2, 0.25) is 0 Å². The summed E-state index contributed by atoms with van der Waals surface area (Å²) in [6.45, 7) is 2.71. The van der Waals surface area contributed by atoms with Crippen molar-refractivity contribution in [2.75, 3.05) is 0 Å². The largest absolute Gasteiger partial charge is 0.391 e. The lowest BCUT2D eigenvalue weighted by atomic mass is 10.1. The van der Waals surface area contributed by atoms with E-state index in [2.05, 4.69) is 0 Å². The Morgan fingerprint density at radius 1 is 1.38 bits per heavy atom. The molecule has 0 rings (SSSR count). The molecule has 0 aliphatic rings. The number of rotatable bonds is 1. The highest BCUT2D eigenvalue weighted by molar-refractivity contribution is 4.58. The molecule has 0 aliphatic heterocycles. The fraction of sp³-hybridized carbons (Fsp3) is 1.00. The summed E-state index contributed by atoms with van der Waals surface area (Å²) in [7, 11) is 0. The highest BCUT2D eigenvalue weighted by atomic mass is 19.4. The molecule has 0 radical (unpaired) electrons. The Bertz CT molecular complexity index is 64.6. The van der Waals surface area contributed by atoms with Crippen molar-refractivity contribution in [1.29, 1.82) is 0 Å². The molecule has 0 unspecified atom stereocenters. The van der Waals surface area contributed by atoms with Crippen molar-refractivity contribution < 1.29 is 13.2 Å². The van der Waals surface area contributed by atoms with Crippen LogP contribution in [-0.2, 0) is 0 Å². The maximum absolute atomic E-state index is 11.4. The second-order valence-corrected chi connectivity index (χ2v) is 1.85. The molecule has 0 nitrogen and oxygen atoms in total. The van der Waals surface area contributed by atoms with Gasteiger partial charge in [-0.15, -0.1) is 0 Å². The lowest BCUT2D eigenvalue weighted by Gasteiger charge is -2.11. The topological polar surface area (TPSA) is 0 Å². The first-order valence-corrected chi connectivity index (χ1v) is 2.55. The van der Waals surface area contributed by atoms with Crippen LogP contribution < -0.4 is 0 Å². The Kier molecular flexibility index (Phi) is 2.31. The Morgan fingerprint density at radius 2 is 1.75 bits per heavy atom. The van der Waals surface area contributed by atoms with Crippen LogP contribution in [-0.4, -0.2) is 6.18 Å². The van der Waals surface area contributed by atoms with Crippen molar-refractivity contribution in [2.45, 2.75) is 26.4 Å². The molecule has 8 heavy (non-hydrogen) atoms. The SMILES string of the molecule is CC[C@@H](C)C(F)(F)F. The van der Waals surface area contributed by atoms with Gasteiger partial charge in [0, 0.05) is 0 Å². The van der Waals surface area contributed by atoms with E-state index in [1.165, 1.54) is 13.8 Å². The third-order valence-corrected chi connectivity index (χ3v) is 1.17. The number of alkyl halides is 3. The maximum Gasteiger partial charge on any atom is 0.391 e. The first-order valence-electron chi connectivity index (χ1n) is 2.55. The van der Waals surface area contributed by atoms with Crippen molar-refractivity contribution in [3.05, 3.63) is 0 Å². The van der Waals surface area contributed by atoms with Gasteiger partial charge >= 0.3 is 6.18 Å². The van der Waals surface area contributed by atoms with Crippen LogP contribution in [0.1, 0.15) is 20.3 Å². The molecule has 0 aromatic rings. The van der Waals surface area contributed by atoms with E-state index < -0.39 is 12.1 Å². The van der Waals surface area contributed by atoms with E-state index in [0.717, 1.165) is 0 Å². The van der Waals surface area contributed by atoms with E-state index in [-0.39, 0.29) is 6.42 Å². The third kappa shape index (κ3) is 2.19. The molecule has 3 heteroatoms. The van der Waals surface area contributed by atoms with Gasteiger partial charge < -0.3 is 0 Å². The summed E-state index contributed by atoms with van der Waals surface area (Å²) >= 11 is 0. The molecule has 0 amide bonds. The smallest absolute Gasteiger partial charge is 0.171 e. The predicted octanol–water partition coefficient (Wildman–Crippen LogP) is 2.59. The molecule has 0 bridgehead atoms. The van der Waals surface area contributed by atoms with Gasteiger partial charge in [0.2, 0.25) is 0 Å². The molecule has 0 aromatic heterocycles. The second kappa shape index (κ2) is 2.37. The summed E-state index contributed by atoms with van der Waals surface area (Å²) < 4.78 is 34.3.